The Morgan fingerprint density at radius 2 is 1.65 bits per heavy atom. The number of amides is 2. The van der Waals surface area contributed by atoms with Gasteiger partial charge in [0.15, 0.2) is 0 Å². The van der Waals surface area contributed by atoms with Crippen molar-refractivity contribution in [1.29, 1.82) is 0 Å². The first-order chi connectivity index (χ1) is 10.8. The van der Waals surface area contributed by atoms with Crippen molar-refractivity contribution in [1.82, 2.24) is 0 Å². The van der Waals surface area contributed by atoms with Crippen molar-refractivity contribution >= 4 is 58.0 Å². The summed E-state index contributed by atoms with van der Waals surface area (Å²) in [7, 11) is 0. The largest absolute Gasteiger partial charge is 0.326 e. The maximum Gasteiger partial charge on any atom is 0.257 e. The fourth-order valence-corrected chi connectivity index (χ4v) is 2.42. The van der Waals surface area contributed by atoms with Crippen LogP contribution in [-0.4, -0.2) is 11.8 Å². The molecule has 0 bridgehead atoms. The van der Waals surface area contributed by atoms with Crippen LogP contribution in [0.15, 0.2) is 30.3 Å². The molecule has 2 aromatic rings. The molecule has 0 aliphatic carbocycles. The van der Waals surface area contributed by atoms with Crippen LogP contribution < -0.4 is 10.6 Å². The molecule has 0 atom stereocenters. The van der Waals surface area contributed by atoms with E-state index in [-0.39, 0.29) is 32.2 Å². The predicted octanol–water partition coefficient (Wildman–Crippen LogP) is 5.00. The van der Waals surface area contributed by atoms with Crippen molar-refractivity contribution in [3.8, 4) is 0 Å². The topological polar surface area (TPSA) is 58.2 Å². The Kier molecular flexibility index (Phi) is 5.46. The molecule has 2 N–H and O–H groups in total. The van der Waals surface area contributed by atoms with Gasteiger partial charge in [-0.05, 0) is 30.3 Å². The fraction of sp³-hybridized carbons (Fsp3) is 0.0667. The number of anilines is 2. The molecule has 4 nitrogen and oxygen atoms in total. The van der Waals surface area contributed by atoms with Crippen LogP contribution in [-0.2, 0) is 4.79 Å². The van der Waals surface area contributed by atoms with Crippen molar-refractivity contribution < 1.29 is 14.0 Å². The van der Waals surface area contributed by atoms with Gasteiger partial charge in [-0.1, -0.05) is 34.8 Å². The van der Waals surface area contributed by atoms with Gasteiger partial charge in [0.05, 0.1) is 26.3 Å². The Bertz CT molecular complexity index is 797. The maximum atomic E-state index is 13.5. The minimum absolute atomic E-state index is 0.00281. The van der Waals surface area contributed by atoms with Crippen LogP contribution in [0.1, 0.15) is 17.3 Å². The van der Waals surface area contributed by atoms with Crippen LogP contribution in [0.4, 0.5) is 15.8 Å². The van der Waals surface area contributed by atoms with E-state index in [1.165, 1.54) is 19.1 Å². The second-order valence-corrected chi connectivity index (χ2v) is 5.80. The van der Waals surface area contributed by atoms with Gasteiger partial charge in [-0.25, -0.2) is 4.39 Å². The number of halogens is 4. The second-order valence-electron chi connectivity index (χ2n) is 4.58. The van der Waals surface area contributed by atoms with E-state index in [0.717, 1.165) is 12.1 Å². The minimum Gasteiger partial charge on any atom is -0.326 e. The molecule has 0 saturated carbocycles. The molecule has 120 valence electrons. The number of benzene rings is 2. The second kappa shape index (κ2) is 7.17. The molecular formula is C15H10Cl3FN2O2. The SMILES string of the molecule is CC(=O)Nc1ccc(Cl)c(NC(=O)c2cc(F)c(Cl)cc2Cl)c1. The van der Waals surface area contributed by atoms with Crippen LogP contribution >= 0.6 is 34.8 Å². The Balaban J connectivity index is 2.30. The number of hydrogen-bond donors (Lipinski definition) is 2. The summed E-state index contributed by atoms with van der Waals surface area (Å²) in [5.74, 6) is -1.70. The van der Waals surface area contributed by atoms with Crippen molar-refractivity contribution in [3.05, 3.63) is 56.8 Å². The number of carbonyl (C=O) groups excluding carboxylic acids is 2. The van der Waals surface area contributed by atoms with Gasteiger partial charge in [0, 0.05) is 12.6 Å². The summed E-state index contributed by atoms with van der Waals surface area (Å²) >= 11 is 17.5. The average Bonchev–Trinajstić information content (AvgIpc) is 2.45. The van der Waals surface area contributed by atoms with Gasteiger partial charge in [-0.3, -0.25) is 9.59 Å². The quantitative estimate of drug-likeness (QED) is 0.742. The zero-order valence-electron chi connectivity index (χ0n) is 11.7. The highest BCUT2D eigenvalue weighted by Crippen LogP contribution is 2.28. The lowest BCUT2D eigenvalue weighted by Gasteiger charge is -2.11. The standard InChI is InChI=1S/C15H10Cl3FN2O2/c1-7(22)20-8-2-3-10(16)14(4-8)21-15(23)9-5-13(19)12(18)6-11(9)17/h2-6H,1H3,(H,20,22)(H,21,23). The molecule has 2 aromatic carbocycles. The van der Waals surface area contributed by atoms with E-state index in [4.69, 9.17) is 34.8 Å². The van der Waals surface area contributed by atoms with Gasteiger partial charge in [-0.15, -0.1) is 0 Å². The van der Waals surface area contributed by atoms with Gasteiger partial charge in [-0.2, -0.15) is 0 Å². The van der Waals surface area contributed by atoms with Gasteiger partial charge >= 0.3 is 0 Å². The van der Waals surface area contributed by atoms with E-state index in [2.05, 4.69) is 10.6 Å². The number of hydrogen-bond acceptors (Lipinski definition) is 2. The van der Waals surface area contributed by atoms with Gasteiger partial charge in [0.25, 0.3) is 5.91 Å². The first-order valence-electron chi connectivity index (χ1n) is 6.31. The van der Waals surface area contributed by atoms with E-state index in [9.17, 15) is 14.0 Å². The van der Waals surface area contributed by atoms with Crippen LogP contribution in [0.5, 0.6) is 0 Å². The molecule has 0 aliphatic heterocycles. The van der Waals surface area contributed by atoms with E-state index in [0.29, 0.717) is 5.69 Å². The maximum absolute atomic E-state index is 13.5. The molecule has 0 spiro atoms. The summed E-state index contributed by atoms with van der Waals surface area (Å²) in [5, 5.41) is 5.14. The van der Waals surface area contributed by atoms with Crippen LogP contribution in [0.25, 0.3) is 0 Å². The third-order valence-corrected chi connectivity index (χ3v) is 3.72. The molecule has 2 rings (SSSR count). The predicted molar refractivity (Wildman–Crippen MR) is 90.1 cm³/mol. The molecule has 8 heteroatoms. The Hall–Kier alpha value is -1.82. The molecular weight excluding hydrogens is 366 g/mol. The van der Waals surface area contributed by atoms with Crippen molar-refractivity contribution in [3.63, 3.8) is 0 Å². The number of nitrogens with one attached hydrogen (secondary N) is 2. The summed E-state index contributed by atoms with van der Waals surface area (Å²) < 4.78 is 13.5. The average molecular weight is 376 g/mol. The first kappa shape index (κ1) is 17.5. The van der Waals surface area contributed by atoms with Gasteiger partial charge < -0.3 is 10.6 Å². The highest BCUT2D eigenvalue weighted by molar-refractivity contribution is 6.38. The summed E-state index contributed by atoms with van der Waals surface area (Å²) in [4.78, 5) is 23.3. The third-order valence-electron chi connectivity index (χ3n) is 2.79. The first-order valence-corrected chi connectivity index (χ1v) is 7.44. The van der Waals surface area contributed by atoms with Crippen molar-refractivity contribution in [2.75, 3.05) is 10.6 Å². The van der Waals surface area contributed by atoms with Crippen LogP contribution in [0.3, 0.4) is 0 Å². The summed E-state index contributed by atoms with van der Waals surface area (Å²) in [6.45, 7) is 1.35. The lowest BCUT2D eigenvalue weighted by Crippen LogP contribution is -2.14. The summed E-state index contributed by atoms with van der Waals surface area (Å²) in [6, 6.07) is 6.64. The fourth-order valence-electron chi connectivity index (χ4n) is 1.79. The van der Waals surface area contributed by atoms with E-state index < -0.39 is 11.7 Å². The Morgan fingerprint density at radius 1 is 0.957 bits per heavy atom. The van der Waals surface area contributed by atoms with Gasteiger partial charge in [0.1, 0.15) is 5.82 Å². The molecule has 0 fully saturated rings. The number of carbonyl (C=O) groups is 2. The lowest BCUT2D eigenvalue weighted by molar-refractivity contribution is -0.114. The molecule has 2 amide bonds. The Labute approximate surface area is 146 Å². The van der Waals surface area contributed by atoms with Crippen LogP contribution in [0.2, 0.25) is 15.1 Å². The molecule has 0 unspecified atom stereocenters. The minimum atomic E-state index is -0.765. The number of rotatable bonds is 3. The zero-order valence-corrected chi connectivity index (χ0v) is 14.0. The summed E-state index contributed by atoms with van der Waals surface area (Å²) in [6.07, 6.45) is 0. The van der Waals surface area contributed by atoms with Crippen molar-refractivity contribution in [2.45, 2.75) is 6.92 Å². The highest BCUT2D eigenvalue weighted by atomic mass is 35.5. The molecule has 0 radical (unpaired) electrons. The lowest BCUT2D eigenvalue weighted by atomic mass is 10.2. The Morgan fingerprint density at radius 3 is 2.30 bits per heavy atom. The monoisotopic (exact) mass is 374 g/mol. The molecule has 0 aromatic heterocycles. The van der Waals surface area contributed by atoms with Gasteiger partial charge in [0.2, 0.25) is 5.91 Å². The molecule has 0 aliphatic rings. The molecule has 0 heterocycles. The van der Waals surface area contributed by atoms with E-state index in [1.54, 1.807) is 6.07 Å². The van der Waals surface area contributed by atoms with Crippen LogP contribution in [0, 0.1) is 5.82 Å². The summed E-state index contributed by atoms with van der Waals surface area (Å²) in [5.41, 5.74) is 0.606. The smallest absolute Gasteiger partial charge is 0.257 e. The van der Waals surface area contributed by atoms with E-state index >= 15 is 0 Å². The normalized spacial score (nSPS) is 10.3. The van der Waals surface area contributed by atoms with E-state index in [1.807, 2.05) is 0 Å². The third kappa shape index (κ3) is 4.34. The van der Waals surface area contributed by atoms with Crippen molar-refractivity contribution in [2.24, 2.45) is 0 Å². The molecule has 23 heavy (non-hydrogen) atoms. The molecule has 0 saturated heterocycles. The zero-order chi connectivity index (χ0) is 17.1. The highest BCUT2D eigenvalue weighted by Gasteiger charge is 2.16.